The van der Waals surface area contributed by atoms with Crippen LogP contribution in [-0.2, 0) is 9.59 Å². The third-order valence-corrected chi connectivity index (χ3v) is 5.52. The number of hydrogen-bond donors (Lipinski definition) is 1. The van der Waals surface area contributed by atoms with Crippen LogP contribution in [0.25, 0.3) is 10.2 Å². The lowest BCUT2D eigenvalue weighted by atomic mass is 10.1. The number of piperidine rings is 1. The summed E-state index contributed by atoms with van der Waals surface area (Å²) >= 11 is 1.56. The van der Waals surface area contributed by atoms with E-state index in [4.69, 9.17) is 4.74 Å². The molecular formula is C17H19N3O3S. The van der Waals surface area contributed by atoms with Gasteiger partial charge in [0.2, 0.25) is 11.8 Å². The number of nitrogens with zero attached hydrogens (tertiary/aromatic N) is 2. The number of para-hydroxylation sites is 1. The first kappa shape index (κ1) is 15.4. The van der Waals surface area contributed by atoms with Gasteiger partial charge < -0.3 is 15.0 Å². The lowest BCUT2D eigenvalue weighted by Gasteiger charge is -2.33. The largest absolute Gasteiger partial charge is 0.467 e. The molecule has 2 amide bonds. The van der Waals surface area contributed by atoms with Crippen LogP contribution >= 0.6 is 11.3 Å². The van der Waals surface area contributed by atoms with Crippen molar-refractivity contribution in [2.45, 2.75) is 37.8 Å². The van der Waals surface area contributed by atoms with Crippen molar-refractivity contribution in [2.24, 2.45) is 0 Å². The van der Waals surface area contributed by atoms with E-state index in [1.54, 1.807) is 11.3 Å². The van der Waals surface area contributed by atoms with E-state index in [1.807, 2.05) is 29.2 Å². The topological polar surface area (TPSA) is 71.5 Å². The Bertz CT molecular complexity index is 734. The fraction of sp³-hybridized carbons (Fsp3) is 0.471. The third-order valence-electron chi connectivity index (χ3n) is 4.59. The lowest BCUT2D eigenvalue weighted by molar-refractivity contribution is -0.136. The maximum atomic E-state index is 12.4. The molecule has 3 heterocycles. The van der Waals surface area contributed by atoms with Crippen LogP contribution in [0.15, 0.2) is 24.3 Å². The number of nitrogens with one attached hydrogen (secondary N) is 1. The molecular weight excluding hydrogens is 326 g/mol. The number of amides is 2. The van der Waals surface area contributed by atoms with Gasteiger partial charge in [0, 0.05) is 32.4 Å². The number of thiazole rings is 1. The summed E-state index contributed by atoms with van der Waals surface area (Å²) in [7, 11) is 0. The van der Waals surface area contributed by atoms with Gasteiger partial charge in [0.25, 0.3) is 5.19 Å². The van der Waals surface area contributed by atoms with E-state index in [0.29, 0.717) is 31.1 Å². The van der Waals surface area contributed by atoms with E-state index in [2.05, 4.69) is 10.3 Å². The van der Waals surface area contributed by atoms with E-state index in [1.165, 1.54) is 0 Å². The Morgan fingerprint density at radius 2 is 2.04 bits per heavy atom. The van der Waals surface area contributed by atoms with Crippen molar-refractivity contribution < 1.29 is 14.3 Å². The summed E-state index contributed by atoms with van der Waals surface area (Å²) in [6.45, 7) is 1.33. The van der Waals surface area contributed by atoms with Crippen LogP contribution in [0.3, 0.4) is 0 Å². The Morgan fingerprint density at radius 3 is 2.75 bits per heavy atom. The molecule has 0 saturated carbocycles. The zero-order valence-corrected chi connectivity index (χ0v) is 14.1. The molecule has 0 radical (unpaired) electrons. The number of hydrogen-bond acceptors (Lipinski definition) is 5. The monoisotopic (exact) mass is 345 g/mol. The molecule has 2 saturated heterocycles. The Kier molecular flexibility index (Phi) is 4.10. The number of aromatic nitrogens is 1. The average molecular weight is 345 g/mol. The summed E-state index contributed by atoms with van der Waals surface area (Å²) in [6.07, 6.45) is 2.74. The zero-order chi connectivity index (χ0) is 16.5. The van der Waals surface area contributed by atoms with Gasteiger partial charge >= 0.3 is 0 Å². The molecule has 2 aromatic rings. The van der Waals surface area contributed by atoms with Crippen molar-refractivity contribution in [3.05, 3.63) is 24.3 Å². The van der Waals surface area contributed by atoms with E-state index >= 15 is 0 Å². The number of likely N-dealkylation sites (tertiary alicyclic amines) is 1. The molecule has 0 bridgehead atoms. The molecule has 24 heavy (non-hydrogen) atoms. The van der Waals surface area contributed by atoms with Crippen LogP contribution in [0, 0.1) is 0 Å². The van der Waals surface area contributed by atoms with Crippen molar-refractivity contribution in [3.63, 3.8) is 0 Å². The maximum Gasteiger partial charge on any atom is 0.274 e. The van der Waals surface area contributed by atoms with Crippen molar-refractivity contribution in [1.29, 1.82) is 0 Å². The molecule has 1 unspecified atom stereocenters. The first-order valence-corrected chi connectivity index (χ1v) is 9.11. The molecule has 2 aliphatic rings. The normalized spacial score (nSPS) is 21.9. The molecule has 2 aliphatic heterocycles. The molecule has 1 N–H and O–H groups in total. The van der Waals surface area contributed by atoms with Gasteiger partial charge in [-0.25, -0.2) is 4.98 Å². The molecule has 1 aromatic heterocycles. The minimum absolute atomic E-state index is 0.0256. The molecule has 4 rings (SSSR count). The highest BCUT2D eigenvalue weighted by atomic mass is 32.1. The maximum absolute atomic E-state index is 12.4. The van der Waals surface area contributed by atoms with Gasteiger partial charge in [-0.15, -0.1) is 0 Å². The minimum Gasteiger partial charge on any atom is -0.467 e. The molecule has 126 valence electrons. The van der Waals surface area contributed by atoms with E-state index in [0.717, 1.165) is 23.1 Å². The fourth-order valence-corrected chi connectivity index (χ4v) is 4.14. The minimum atomic E-state index is -0.334. The number of benzene rings is 1. The number of carbonyl (C=O) groups is 2. The predicted molar refractivity (Wildman–Crippen MR) is 91.0 cm³/mol. The zero-order valence-electron chi connectivity index (χ0n) is 13.2. The van der Waals surface area contributed by atoms with E-state index < -0.39 is 0 Å². The summed E-state index contributed by atoms with van der Waals surface area (Å²) < 4.78 is 7.13. The summed E-state index contributed by atoms with van der Waals surface area (Å²) in [5.41, 5.74) is 0.960. The molecule has 7 heteroatoms. The molecule has 1 aromatic carbocycles. The van der Waals surface area contributed by atoms with Crippen LogP contribution in [0.4, 0.5) is 0 Å². The summed E-state index contributed by atoms with van der Waals surface area (Å²) in [4.78, 5) is 30.0. The SMILES string of the molecule is O=C1CCC(C(=O)N2CCC(Oc3nc4ccccc4s3)CC2)N1. The lowest BCUT2D eigenvalue weighted by Crippen LogP contribution is -2.49. The Labute approximate surface area is 143 Å². The molecule has 6 nitrogen and oxygen atoms in total. The van der Waals surface area contributed by atoms with Crippen LogP contribution in [0.1, 0.15) is 25.7 Å². The Hall–Kier alpha value is -2.15. The quantitative estimate of drug-likeness (QED) is 0.923. The number of rotatable bonds is 3. The van der Waals surface area contributed by atoms with E-state index in [-0.39, 0.29) is 24.0 Å². The highest BCUT2D eigenvalue weighted by molar-refractivity contribution is 7.20. The van der Waals surface area contributed by atoms with Gasteiger partial charge in [0.15, 0.2) is 0 Å². The van der Waals surface area contributed by atoms with Crippen molar-refractivity contribution in [2.75, 3.05) is 13.1 Å². The van der Waals surface area contributed by atoms with Crippen molar-refractivity contribution >= 4 is 33.4 Å². The van der Waals surface area contributed by atoms with Crippen molar-refractivity contribution in [3.8, 4) is 5.19 Å². The molecule has 0 aliphatic carbocycles. The standard InChI is InChI=1S/C17H19N3O3S/c21-15-6-5-13(18-15)16(22)20-9-7-11(8-10-20)23-17-19-12-3-1-2-4-14(12)24-17/h1-4,11,13H,5-10H2,(H,18,21). The summed E-state index contributed by atoms with van der Waals surface area (Å²) in [5.74, 6) is 0.0155. The number of ether oxygens (including phenoxy) is 1. The molecule has 1 atom stereocenters. The van der Waals surface area contributed by atoms with Crippen LogP contribution in [-0.4, -0.2) is 46.9 Å². The van der Waals surface area contributed by atoms with Crippen LogP contribution in [0.2, 0.25) is 0 Å². The predicted octanol–water partition coefficient (Wildman–Crippen LogP) is 1.94. The fourth-order valence-electron chi connectivity index (χ4n) is 3.26. The first-order chi connectivity index (χ1) is 11.7. The molecule has 2 fully saturated rings. The Morgan fingerprint density at radius 1 is 1.25 bits per heavy atom. The second-order valence-corrected chi connectivity index (χ2v) is 7.24. The van der Waals surface area contributed by atoms with Crippen LogP contribution < -0.4 is 10.1 Å². The summed E-state index contributed by atoms with van der Waals surface area (Å²) in [5, 5.41) is 3.45. The highest BCUT2D eigenvalue weighted by Crippen LogP contribution is 2.29. The van der Waals surface area contributed by atoms with E-state index in [9.17, 15) is 9.59 Å². The van der Waals surface area contributed by atoms with Gasteiger partial charge in [0.05, 0.1) is 10.2 Å². The van der Waals surface area contributed by atoms with Gasteiger partial charge in [-0.3, -0.25) is 9.59 Å². The van der Waals surface area contributed by atoms with Gasteiger partial charge in [-0.2, -0.15) is 0 Å². The van der Waals surface area contributed by atoms with Crippen molar-refractivity contribution in [1.82, 2.24) is 15.2 Å². The smallest absolute Gasteiger partial charge is 0.274 e. The van der Waals surface area contributed by atoms with Gasteiger partial charge in [-0.05, 0) is 18.6 Å². The average Bonchev–Trinajstić information content (AvgIpc) is 3.20. The van der Waals surface area contributed by atoms with Gasteiger partial charge in [-0.1, -0.05) is 23.5 Å². The third kappa shape index (κ3) is 3.08. The van der Waals surface area contributed by atoms with Gasteiger partial charge in [0.1, 0.15) is 12.1 Å². The van der Waals surface area contributed by atoms with Crippen LogP contribution in [0.5, 0.6) is 5.19 Å². The first-order valence-electron chi connectivity index (χ1n) is 8.29. The Balaban J connectivity index is 1.32. The number of carbonyl (C=O) groups excluding carboxylic acids is 2. The second-order valence-electron chi connectivity index (χ2n) is 6.25. The highest BCUT2D eigenvalue weighted by Gasteiger charge is 2.33. The summed E-state index contributed by atoms with van der Waals surface area (Å²) in [6, 6.07) is 7.65. The number of fused-ring (bicyclic) bond motifs is 1. The second kappa shape index (κ2) is 6.39. The molecule has 0 spiro atoms.